The lowest BCUT2D eigenvalue weighted by atomic mass is 10.1. The van der Waals surface area contributed by atoms with Crippen molar-refractivity contribution in [3.63, 3.8) is 0 Å². The average molecular weight is 350 g/mol. The fourth-order valence-electron chi connectivity index (χ4n) is 2.03. The zero-order chi connectivity index (χ0) is 17.9. The largest absolute Gasteiger partial charge is 0.453 e. The van der Waals surface area contributed by atoms with Gasteiger partial charge in [-0.1, -0.05) is 0 Å². The van der Waals surface area contributed by atoms with Crippen LogP contribution in [0.25, 0.3) is 5.00 Å². The van der Waals surface area contributed by atoms with Gasteiger partial charge >= 0.3 is 12.1 Å². The van der Waals surface area contributed by atoms with Crippen molar-refractivity contribution in [3.8, 4) is 5.00 Å². The highest BCUT2D eigenvalue weighted by atomic mass is 32.1. The van der Waals surface area contributed by atoms with Crippen LogP contribution in [0.15, 0.2) is 24.5 Å². The third-order valence-electron chi connectivity index (χ3n) is 3.47. The number of alkyl carbamates (subject to hydrolysis) is 1. The fourth-order valence-corrected chi connectivity index (χ4v) is 3.14. The Morgan fingerprint density at radius 1 is 1.21 bits per heavy atom. The summed E-state index contributed by atoms with van der Waals surface area (Å²) in [6.45, 7) is 5.13. The molecular weight excluding hydrogens is 332 g/mol. The Hall–Kier alpha value is -2.61. The van der Waals surface area contributed by atoms with E-state index in [4.69, 9.17) is 4.74 Å². The van der Waals surface area contributed by atoms with Gasteiger partial charge in [-0.25, -0.2) is 9.59 Å². The number of hydrogen-bond donors (Lipinski definition) is 1. The second-order valence-electron chi connectivity index (χ2n) is 5.08. The molecule has 0 bridgehead atoms. The van der Waals surface area contributed by atoms with Gasteiger partial charge in [0.25, 0.3) is 5.91 Å². The molecule has 0 aliphatic rings. The normalized spacial score (nSPS) is 11.7. The molecule has 0 radical (unpaired) electrons. The fraction of sp³-hybridized carbons (Fsp3) is 0.312. The van der Waals surface area contributed by atoms with E-state index in [0.717, 1.165) is 22.6 Å². The molecule has 0 saturated heterocycles. The van der Waals surface area contributed by atoms with Gasteiger partial charge in [0.2, 0.25) is 0 Å². The molecule has 2 aromatic rings. The van der Waals surface area contributed by atoms with Crippen LogP contribution in [-0.2, 0) is 14.3 Å². The number of amides is 2. The van der Waals surface area contributed by atoms with Crippen LogP contribution in [0.1, 0.15) is 27.7 Å². The third kappa shape index (κ3) is 3.65. The number of hydrogen-bond acceptors (Lipinski definition) is 6. The van der Waals surface area contributed by atoms with E-state index >= 15 is 0 Å². The lowest BCUT2D eigenvalue weighted by Gasteiger charge is -2.13. The zero-order valence-electron chi connectivity index (χ0n) is 13.8. The van der Waals surface area contributed by atoms with Gasteiger partial charge in [-0.05, 0) is 38.5 Å². The van der Waals surface area contributed by atoms with Gasteiger partial charge in [-0.15, -0.1) is 11.3 Å². The quantitative estimate of drug-likeness (QED) is 0.857. The standard InChI is InChI=1S/C16H18N2O5S/c1-9-11(3)24-14(18-7-5-6-8-18)12(9)15(20)23-10(2)13(19)17-16(21)22-4/h5-8,10H,1-4H3,(H,17,19,21)/t10-/m1/s1. The summed E-state index contributed by atoms with van der Waals surface area (Å²) in [7, 11) is 1.14. The molecule has 24 heavy (non-hydrogen) atoms. The number of thiophene rings is 1. The van der Waals surface area contributed by atoms with Crippen LogP contribution < -0.4 is 5.32 Å². The van der Waals surface area contributed by atoms with Crippen molar-refractivity contribution in [2.75, 3.05) is 7.11 Å². The Morgan fingerprint density at radius 2 is 1.83 bits per heavy atom. The molecule has 2 amide bonds. The summed E-state index contributed by atoms with van der Waals surface area (Å²) < 4.78 is 11.4. The van der Waals surface area contributed by atoms with Gasteiger partial charge in [-0.3, -0.25) is 10.1 Å². The topological polar surface area (TPSA) is 86.6 Å². The van der Waals surface area contributed by atoms with E-state index < -0.39 is 24.1 Å². The molecule has 2 aromatic heterocycles. The summed E-state index contributed by atoms with van der Waals surface area (Å²) in [6.07, 6.45) is 1.62. The lowest BCUT2D eigenvalue weighted by molar-refractivity contribution is -0.128. The summed E-state index contributed by atoms with van der Waals surface area (Å²) in [5, 5.41) is 2.69. The first-order valence-electron chi connectivity index (χ1n) is 7.18. The number of aryl methyl sites for hydroxylation is 1. The SMILES string of the molecule is COC(=O)NC(=O)[C@@H](C)OC(=O)c1c(-n2cccc2)sc(C)c1C. The van der Waals surface area contributed by atoms with Crippen LogP contribution in [0.2, 0.25) is 0 Å². The highest BCUT2D eigenvalue weighted by molar-refractivity contribution is 7.15. The van der Waals surface area contributed by atoms with Crippen molar-refractivity contribution in [1.29, 1.82) is 0 Å². The van der Waals surface area contributed by atoms with Crippen molar-refractivity contribution in [1.82, 2.24) is 9.88 Å². The van der Waals surface area contributed by atoms with Gasteiger partial charge in [0.05, 0.1) is 12.7 Å². The molecule has 1 N–H and O–H groups in total. The lowest BCUT2D eigenvalue weighted by Crippen LogP contribution is -2.39. The van der Waals surface area contributed by atoms with Crippen LogP contribution in [-0.4, -0.2) is 35.8 Å². The number of esters is 1. The Morgan fingerprint density at radius 3 is 2.42 bits per heavy atom. The Kier molecular flexibility index (Phi) is 5.40. The Bertz CT molecular complexity index is 764. The number of methoxy groups -OCH3 is 1. The molecule has 0 fully saturated rings. The minimum Gasteiger partial charge on any atom is -0.453 e. The number of nitrogens with zero attached hydrogens (tertiary/aromatic N) is 1. The maximum Gasteiger partial charge on any atom is 0.413 e. The van der Waals surface area contributed by atoms with E-state index in [1.807, 2.05) is 48.3 Å². The molecule has 7 nitrogen and oxygen atoms in total. The van der Waals surface area contributed by atoms with Crippen LogP contribution in [0.5, 0.6) is 0 Å². The molecule has 1 atom stereocenters. The number of carbonyl (C=O) groups is 3. The number of nitrogens with one attached hydrogen (secondary N) is 1. The summed E-state index contributed by atoms with van der Waals surface area (Å²) in [5.74, 6) is -1.37. The van der Waals surface area contributed by atoms with Crippen LogP contribution in [0.3, 0.4) is 0 Å². The summed E-state index contributed by atoms with van der Waals surface area (Å²) in [4.78, 5) is 36.4. The monoisotopic (exact) mass is 350 g/mol. The number of carbonyl (C=O) groups excluding carboxylic acids is 3. The molecule has 0 aliphatic heterocycles. The molecule has 128 valence electrons. The van der Waals surface area contributed by atoms with Gasteiger partial charge in [0.15, 0.2) is 6.10 Å². The second kappa shape index (κ2) is 7.31. The molecule has 2 heterocycles. The minimum absolute atomic E-state index is 0.409. The first-order chi connectivity index (χ1) is 11.3. The number of aromatic nitrogens is 1. The van der Waals surface area contributed by atoms with Crippen molar-refractivity contribution >= 4 is 29.3 Å². The number of ether oxygens (including phenoxy) is 2. The van der Waals surface area contributed by atoms with E-state index in [9.17, 15) is 14.4 Å². The molecule has 0 saturated carbocycles. The van der Waals surface area contributed by atoms with E-state index in [2.05, 4.69) is 4.74 Å². The molecule has 0 aliphatic carbocycles. The number of imide groups is 1. The molecule has 0 spiro atoms. The smallest absolute Gasteiger partial charge is 0.413 e. The third-order valence-corrected chi connectivity index (χ3v) is 4.69. The predicted octanol–water partition coefficient (Wildman–Crippen LogP) is 2.58. The van der Waals surface area contributed by atoms with Crippen LogP contribution in [0.4, 0.5) is 4.79 Å². The molecular formula is C16H18N2O5S. The van der Waals surface area contributed by atoms with Gasteiger partial charge in [0.1, 0.15) is 5.00 Å². The summed E-state index contributed by atoms with van der Waals surface area (Å²) in [6, 6.07) is 3.71. The second-order valence-corrected chi connectivity index (χ2v) is 6.29. The van der Waals surface area contributed by atoms with Crippen LogP contribution >= 0.6 is 11.3 Å². The maximum absolute atomic E-state index is 12.5. The van der Waals surface area contributed by atoms with Crippen molar-refractivity contribution in [3.05, 3.63) is 40.5 Å². The first kappa shape index (κ1) is 17.7. The van der Waals surface area contributed by atoms with Gasteiger partial charge < -0.3 is 14.0 Å². The van der Waals surface area contributed by atoms with Crippen molar-refractivity contribution in [2.45, 2.75) is 26.9 Å². The highest BCUT2D eigenvalue weighted by Crippen LogP contribution is 2.31. The molecule has 0 aromatic carbocycles. The summed E-state index contributed by atoms with van der Waals surface area (Å²) in [5.41, 5.74) is 1.21. The summed E-state index contributed by atoms with van der Waals surface area (Å²) >= 11 is 1.46. The molecule has 0 unspecified atom stereocenters. The van der Waals surface area contributed by atoms with E-state index in [-0.39, 0.29) is 0 Å². The van der Waals surface area contributed by atoms with Gasteiger partial charge in [-0.2, -0.15) is 0 Å². The van der Waals surface area contributed by atoms with Crippen molar-refractivity contribution < 1.29 is 23.9 Å². The Labute approximate surface area is 143 Å². The number of rotatable bonds is 4. The molecule has 8 heteroatoms. The van der Waals surface area contributed by atoms with Crippen molar-refractivity contribution in [2.24, 2.45) is 0 Å². The zero-order valence-corrected chi connectivity index (χ0v) is 14.6. The average Bonchev–Trinajstić information content (AvgIpc) is 3.16. The first-order valence-corrected chi connectivity index (χ1v) is 8.00. The van der Waals surface area contributed by atoms with Crippen LogP contribution in [0, 0.1) is 13.8 Å². The minimum atomic E-state index is -1.13. The predicted molar refractivity (Wildman–Crippen MR) is 88.5 cm³/mol. The van der Waals surface area contributed by atoms with E-state index in [1.54, 1.807) is 0 Å². The maximum atomic E-state index is 12.5. The molecule has 2 rings (SSSR count). The Balaban J connectivity index is 2.21. The van der Waals surface area contributed by atoms with E-state index in [0.29, 0.717) is 5.56 Å². The highest BCUT2D eigenvalue weighted by Gasteiger charge is 2.26. The van der Waals surface area contributed by atoms with E-state index in [1.165, 1.54) is 18.3 Å². The van der Waals surface area contributed by atoms with Gasteiger partial charge in [0, 0.05) is 17.3 Å².